The molecule has 1 amide bonds. The second kappa shape index (κ2) is 18.0. The van der Waals surface area contributed by atoms with Crippen LogP contribution in [-0.4, -0.2) is 95.5 Å². The second-order valence-electron chi connectivity index (χ2n) is 14.8. The number of ether oxygens (including phenoxy) is 4. The molecule has 3 saturated heterocycles. The number of nitriles is 1. The highest BCUT2D eigenvalue weighted by Gasteiger charge is 2.54. The Kier molecular flexibility index (Phi) is 12.4. The predicted molar refractivity (Wildman–Crippen MR) is 222 cm³/mol. The van der Waals surface area contributed by atoms with Gasteiger partial charge in [-0.05, 0) is 37.4 Å². The molecule has 2 aromatic heterocycles. The minimum Gasteiger partial charge on any atom is -0.484 e. The fraction of sp³-hybridized carbons (Fsp3) is 0.405. The van der Waals surface area contributed by atoms with Gasteiger partial charge in [0.2, 0.25) is 11.8 Å². The maximum absolute atomic E-state index is 13.0. The van der Waals surface area contributed by atoms with E-state index in [4.69, 9.17) is 38.2 Å². The van der Waals surface area contributed by atoms with E-state index < -0.39 is 40.9 Å². The molecule has 1 N–H and O–H groups in total. The molecule has 5 aromatic rings. The topological polar surface area (TPSA) is 155 Å². The number of carbonyl (C=O) groups is 1. The minimum atomic E-state index is -2.19. The Hall–Kier alpha value is -4.78. The molecule has 0 spiro atoms. The van der Waals surface area contributed by atoms with Crippen LogP contribution in [0, 0.1) is 11.3 Å². The van der Waals surface area contributed by atoms with Gasteiger partial charge in [-0.25, -0.2) is 9.65 Å². The van der Waals surface area contributed by atoms with Crippen LogP contribution in [0.25, 0.3) is 11.2 Å². The highest BCUT2D eigenvalue weighted by atomic mass is 31.2. The van der Waals surface area contributed by atoms with Crippen molar-refractivity contribution in [3.63, 3.8) is 0 Å². The molecule has 1 unspecified atom stereocenters. The quantitative estimate of drug-likeness (QED) is 0.0724. The smallest absolute Gasteiger partial charge is 0.264 e. The van der Waals surface area contributed by atoms with Gasteiger partial charge in [-0.2, -0.15) is 15.2 Å². The summed E-state index contributed by atoms with van der Waals surface area (Å²) in [6, 6.07) is 34.1. The number of para-hydroxylation sites is 1. The lowest BCUT2D eigenvalue weighted by atomic mass is 10.1. The van der Waals surface area contributed by atoms with E-state index in [1.54, 1.807) is 30.1 Å². The number of amides is 1. The molecule has 16 heteroatoms. The van der Waals surface area contributed by atoms with Gasteiger partial charge in [-0.15, -0.1) is 0 Å². The van der Waals surface area contributed by atoms with E-state index >= 15 is 0 Å². The summed E-state index contributed by atoms with van der Waals surface area (Å²) in [6.07, 6.45) is 2.55. The summed E-state index contributed by atoms with van der Waals surface area (Å²) in [6.45, 7) is 5.26. The third-order valence-corrected chi connectivity index (χ3v) is 17.4. The Balaban J connectivity index is 1.04. The van der Waals surface area contributed by atoms with Crippen molar-refractivity contribution in [3.05, 3.63) is 97.3 Å². The maximum Gasteiger partial charge on any atom is 0.264 e. The highest BCUT2D eigenvalue weighted by molar-refractivity contribution is 7.45. The Morgan fingerprint density at radius 3 is 2.36 bits per heavy atom. The van der Waals surface area contributed by atoms with E-state index in [0.717, 1.165) is 25.4 Å². The first-order valence-corrected chi connectivity index (χ1v) is 23.7. The monoisotopic (exact) mass is 821 g/mol. The molecule has 3 aliphatic heterocycles. The first kappa shape index (κ1) is 40.0. The van der Waals surface area contributed by atoms with Crippen molar-refractivity contribution in [2.24, 2.45) is 0 Å². The molecule has 0 saturated carbocycles. The predicted octanol–water partition coefficient (Wildman–Crippen LogP) is 5.83. The molecule has 0 aliphatic carbocycles. The summed E-state index contributed by atoms with van der Waals surface area (Å²) in [5.74, 6) is 0.209. The molecule has 3 aliphatic rings. The van der Waals surface area contributed by atoms with Gasteiger partial charge in [0.25, 0.3) is 14.4 Å². The number of fused-ring (bicyclic) bond motifs is 2. The lowest BCUT2D eigenvalue weighted by Gasteiger charge is -2.32. The van der Waals surface area contributed by atoms with Gasteiger partial charge in [0, 0.05) is 19.7 Å². The number of benzene rings is 3. The maximum atomic E-state index is 13.0. The van der Waals surface area contributed by atoms with Gasteiger partial charge in [0.05, 0.1) is 31.0 Å². The molecule has 0 bridgehead atoms. The molecule has 7 atom stereocenters. The lowest BCUT2D eigenvalue weighted by molar-refractivity contribution is -0.118. The van der Waals surface area contributed by atoms with E-state index in [9.17, 15) is 4.79 Å². The number of hydrogen-bond donors (Lipinski definition) is 1. The summed E-state index contributed by atoms with van der Waals surface area (Å²) in [5.41, 5.74) is 0.708. The number of nitrogens with one attached hydrogen (secondary N) is 1. The van der Waals surface area contributed by atoms with Crippen molar-refractivity contribution in [1.29, 1.82) is 5.26 Å². The van der Waals surface area contributed by atoms with Crippen LogP contribution in [-0.2, 0) is 23.3 Å². The van der Waals surface area contributed by atoms with Gasteiger partial charge in [-0.3, -0.25) is 14.7 Å². The first-order valence-electron chi connectivity index (χ1n) is 19.8. The van der Waals surface area contributed by atoms with Crippen LogP contribution in [0.1, 0.15) is 38.8 Å². The number of rotatable bonds is 16. The fourth-order valence-corrected chi connectivity index (χ4v) is 14.3. The summed E-state index contributed by atoms with van der Waals surface area (Å²) in [4.78, 5) is 26.8. The van der Waals surface area contributed by atoms with Crippen LogP contribution >= 0.6 is 8.53 Å². The van der Waals surface area contributed by atoms with E-state index in [0.29, 0.717) is 23.3 Å². The molecule has 14 nitrogen and oxygen atoms in total. The largest absolute Gasteiger partial charge is 0.484 e. The summed E-state index contributed by atoms with van der Waals surface area (Å²) >= 11 is 0. The third-order valence-electron chi connectivity index (χ3n) is 11.2. The second-order valence-corrected chi connectivity index (χ2v) is 20.5. The average molecular weight is 822 g/mol. The zero-order valence-electron chi connectivity index (χ0n) is 32.8. The van der Waals surface area contributed by atoms with Crippen molar-refractivity contribution in [1.82, 2.24) is 24.2 Å². The average Bonchev–Trinajstić information content (AvgIpc) is 4.05. The Labute approximate surface area is 340 Å². The molecule has 3 aromatic carbocycles. The molecule has 0 radical (unpaired) electrons. The van der Waals surface area contributed by atoms with Crippen LogP contribution in [0.4, 0.5) is 5.95 Å². The lowest BCUT2D eigenvalue weighted by Crippen LogP contribution is -2.58. The Morgan fingerprint density at radius 2 is 1.69 bits per heavy atom. The number of hydrogen-bond acceptors (Lipinski definition) is 12. The van der Waals surface area contributed by atoms with Crippen LogP contribution in [0.2, 0.25) is 12.6 Å². The fourth-order valence-electron chi connectivity index (χ4n) is 8.28. The van der Waals surface area contributed by atoms with Crippen molar-refractivity contribution >= 4 is 50.0 Å². The number of imidazole rings is 1. The normalized spacial score (nSPS) is 24.4. The standard InChI is InChI=1S/C42H48N7O7PSi/c1-4-33-37(56-57-49-24-14-22-32(49)34(55-57)27-58(3,30-18-10-6-11-19-30)31-20-12-7-13-21-31)38(51-2)41(54-33)48-28-44-36-39(48)46-42(47-40(36)52-25-15-23-43)45-35(50)26-53-29-16-8-5-9-17-29/h5-13,16-21,28,32-34,37-38,41H,4,14-15,22,24-27H2,1-3H3,(H,45,46,47,50)/t32-,33+,34+,37-,38?,41+,57-/m0/s1. The zero-order valence-corrected chi connectivity index (χ0v) is 34.7. The number of aromatic nitrogens is 4. The molecule has 302 valence electrons. The summed E-state index contributed by atoms with van der Waals surface area (Å²) in [7, 11) is -1.95. The van der Waals surface area contributed by atoms with E-state index in [1.807, 2.05) is 18.2 Å². The number of nitrogens with zero attached hydrogens (tertiary/aromatic N) is 6. The van der Waals surface area contributed by atoms with Gasteiger partial charge in [0.15, 0.2) is 24.0 Å². The van der Waals surface area contributed by atoms with E-state index in [2.05, 4.69) is 100 Å². The third kappa shape index (κ3) is 8.24. The van der Waals surface area contributed by atoms with Gasteiger partial charge < -0.3 is 28.0 Å². The summed E-state index contributed by atoms with van der Waals surface area (Å²) in [5, 5.41) is 14.7. The Bertz CT molecular complexity index is 2160. The number of methoxy groups -OCH3 is 1. The summed E-state index contributed by atoms with van der Waals surface area (Å²) < 4.78 is 42.8. The van der Waals surface area contributed by atoms with Crippen molar-refractivity contribution in [2.45, 2.75) is 81.9 Å². The number of carbonyl (C=O) groups excluding carboxylic acids is 1. The molecule has 3 fully saturated rings. The molecule has 8 rings (SSSR count). The molecular weight excluding hydrogens is 774 g/mol. The zero-order chi connectivity index (χ0) is 40.1. The van der Waals surface area contributed by atoms with Crippen molar-refractivity contribution in [2.75, 3.05) is 32.2 Å². The van der Waals surface area contributed by atoms with Gasteiger partial charge in [0.1, 0.15) is 32.6 Å². The number of anilines is 1. The van der Waals surface area contributed by atoms with Crippen molar-refractivity contribution < 1.29 is 32.8 Å². The van der Waals surface area contributed by atoms with Crippen molar-refractivity contribution in [3.8, 4) is 17.7 Å². The van der Waals surface area contributed by atoms with Crippen LogP contribution < -0.4 is 25.2 Å². The molecule has 58 heavy (non-hydrogen) atoms. The van der Waals surface area contributed by atoms with Crippen LogP contribution in [0.5, 0.6) is 11.6 Å². The first-order chi connectivity index (χ1) is 28.4. The van der Waals surface area contributed by atoms with E-state index in [-0.39, 0.29) is 49.7 Å². The van der Waals surface area contributed by atoms with Gasteiger partial charge in [-0.1, -0.05) is 103 Å². The van der Waals surface area contributed by atoms with Crippen LogP contribution in [0.3, 0.4) is 0 Å². The highest BCUT2D eigenvalue weighted by Crippen LogP contribution is 2.59. The minimum absolute atomic E-state index is 0.00911. The molecule has 5 heterocycles. The van der Waals surface area contributed by atoms with Gasteiger partial charge >= 0.3 is 0 Å². The SMILES string of the molecule is CC[C@H]1O[C@@H](n2cnc3c(OCCC#N)nc(NC(=O)COc4ccccc4)nc32)C(OC)[C@H]1O[P@]1O[C@H](C[Si](C)(c2ccccc2)c2ccccc2)[C@@H]2CCCN21. The molecular formula is C42H48N7O7PSi. The van der Waals surface area contributed by atoms with Crippen LogP contribution in [0.15, 0.2) is 97.3 Å². The Morgan fingerprint density at radius 1 is 0.983 bits per heavy atom. The van der Waals surface area contributed by atoms with E-state index in [1.165, 1.54) is 10.4 Å².